The number of nitrogens with zero attached hydrogens (tertiary/aromatic N) is 3. The highest BCUT2D eigenvalue weighted by molar-refractivity contribution is 7.89. The summed E-state index contributed by atoms with van der Waals surface area (Å²) >= 11 is 0. The zero-order valence-corrected chi connectivity index (χ0v) is 18.3. The zero-order valence-electron chi connectivity index (χ0n) is 17.5. The lowest BCUT2D eigenvalue weighted by molar-refractivity contribution is 0.0881. The fourth-order valence-corrected chi connectivity index (χ4v) is 5.09. The second-order valence-electron chi connectivity index (χ2n) is 7.31. The number of aryl methyl sites for hydroxylation is 2. The van der Waals surface area contributed by atoms with Gasteiger partial charge in [0.05, 0.1) is 17.2 Å². The second kappa shape index (κ2) is 9.25. The number of aliphatic hydroxyl groups is 1. The number of nitrogens with one attached hydrogen (secondary N) is 1. The lowest BCUT2D eigenvalue weighted by Gasteiger charge is -2.37. The molecule has 1 atom stereocenters. The largest absolute Gasteiger partial charge is 0.436 e. The van der Waals surface area contributed by atoms with E-state index in [2.05, 4.69) is 15.2 Å². The van der Waals surface area contributed by atoms with Crippen LogP contribution < -0.4 is 5.32 Å². The van der Waals surface area contributed by atoms with Crippen LogP contribution in [0.25, 0.3) is 0 Å². The third-order valence-corrected chi connectivity index (χ3v) is 7.21. The number of aromatic nitrogens is 1. The maximum Gasteiger partial charge on any atom is 0.293 e. The Labute approximate surface area is 176 Å². The Bertz CT molecular complexity index is 992. The Morgan fingerprint density at radius 2 is 1.97 bits per heavy atom. The van der Waals surface area contributed by atoms with Gasteiger partial charge in [-0.1, -0.05) is 13.0 Å². The van der Waals surface area contributed by atoms with Gasteiger partial charge in [0.25, 0.3) is 5.91 Å². The number of carbonyl (C=O) groups excluding carboxylic acids is 1. The number of piperazine rings is 1. The van der Waals surface area contributed by atoms with Crippen molar-refractivity contribution in [3.8, 4) is 0 Å². The van der Waals surface area contributed by atoms with Crippen LogP contribution in [0, 0.1) is 13.8 Å². The molecule has 1 aromatic heterocycles. The normalized spacial score (nSPS) is 17.1. The number of hydrogen-bond donors (Lipinski definition) is 2. The van der Waals surface area contributed by atoms with Crippen LogP contribution in [0.3, 0.4) is 0 Å². The van der Waals surface area contributed by atoms with Gasteiger partial charge in [-0.05, 0) is 31.5 Å². The first-order chi connectivity index (χ1) is 14.3. The van der Waals surface area contributed by atoms with E-state index in [-0.39, 0.29) is 23.3 Å². The Hall–Kier alpha value is -2.27. The number of aliphatic hydroxyl groups excluding tert-OH is 1. The summed E-state index contributed by atoms with van der Waals surface area (Å²) in [6.45, 7) is 7.24. The average Bonchev–Trinajstić information content (AvgIpc) is 3.07. The summed E-state index contributed by atoms with van der Waals surface area (Å²) in [5.41, 5.74) is 0.833. The standard InChI is InChI=1S/C20H28N4O5S/c1-4-17(13-25)23-8-10-24(11-9-23)30(27,28)18-7-5-6-16(12-18)22-20(26)19-14(2)21-15(3)29-19/h5-7,12,17,25H,4,8-11,13H2,1-3H3,(H,22,26)/t17-/m1/s1. The third kappa shape index (κ3) is 4.72. The summed E-state index contributed by atoms with van der Waals surface area (Å²) in [6.07, 6.45) is 0.815. The van der Waals surface area contributed by atoms with Crippen molar-refractivity contribution in [2.24, 2.45) is 0 Å². The smallest absolute Gasteiger partial charge is 0.293 e. The molecule has 1 aromatic carbocycles. The van der Waals surface area contributed by atoms with E-state index in [0.717, 1.165) is 6.42 Å². The number of amides is 1. The molecular formula is C20H28N4O5S. The van der Waals surface area contributed by atoms with Crippen LogP contribution in [0.4, 0.5) is 5.69 Å². The quantitative estimate of drug-likeness (QED) is 0.677. The molecule has 9 nitrogen and oxygen atoms in total. The summed E-state index contributed by atoms with van der Waals surface area (Å²) in [5.74, 6) is 0.0109. The highest BCUT2D eigenvalue weighted by Gasteiger charge is 2.30. The summed E-state index contributed by atoms with van der Waals surface area (Å²) in [7, 11) is -3.69. The molecule has 30 heavy (non-hydrogen) atoms. The Morgan fingerprint density at radius 1 is 1.27 bits per heavy atom. The van der Waals surface area contributed by atoms with Crippen molar-refractivity contribution in [1.29, 1.82) is 0 Å². The number of hydrogen-bond acceptors (Lipinski definition) is 7. The van der Waals surface area contributed by atoms with Crippen molar-refractivity contribution in [2.75, 3.05) is 38.1 Å². The topological polar surface area (TPSA) is 116 Å². The molecule has 1 fully saturated rings. The van der Waals surface area contributed by atoms with E-state index >= 15 is 0 Å². The van der Waals surface area contributed by atoms with Gasteiger partial charge in [-0.2, -0.15) is 4.31 Å². The molecule has 1 aliphatic heterocycles. The van der Waals surface area contributed by atoms with E-state index in [4.69, 9.17) is 4.42 Å². The van der Waals surface area contributed by atoms with Crippen molar-refractivity contribution in [2.45, 2.75) is 38.1 Å². The highest BCUT2D eigenvalue weighted by atomic mass is 32.2. The number of carbonyl (C=O) groups is 1. The van der Waals surface area contributed by atoms with E-state index in [1.54, 1.807) is 26.0 Å². The molecular weight excluding hydrogens is 408 g/mol. The Morgan fingerprint density at radius 3 is 2.53 bits per heavy atom. The summed E-state index contributed by atoms with van der Waals surface area (Å²) in [6, 6.07) is 6.23. The molecule has 0 aliphatic carbocycles. The predicted molar refractivity (Wildman–Crippen MR) is 112 cm³/mol. The van der Waals surface area contributed by atoms with E-state index < -0.39 is 15.9 Å². The minimum atomic E-state index is -3.69. The molecule has 2 heterocycles. The Balaban J connectivity index is 1.72. The molecule has 1 amide bonds. The Kier molecular flexibility index (Phi) is 6.91. The molecule has 2 N–H and O–H groups in total. The first-order valence-electron chi connectivity index (χ1n) is 9.96. The fourth-order valence-electron chi connectivity index (χ4n) is 3.63. The van der Waals surface area contributed by atoms with Crippen LogP contribution in [0.5, 0.6) is 0 Å². The number of benzene rings is 1. The minimum absolute atomic E-state index is 0.0524. The lowest BCUT2D eigenvalue weighted by atomic mass is 10.2. The van der Waals surface area contributed by atoms with Gasteiger partial charge in [-0.3, -0.25) is 9.69 Å². The van der Waals surface area contributed by atoms with Gasteiger partial charge in [0.2, 0.25) is 15.8 Å². The molecule has 1 saturated heterocycles. The molecule has 0 bridgehead atoms. The molecule has 0 spiro atoms. The summed E-state index contributed by atoms with van der Waals surface area (Å²) in [4.78, 5) is 18.7. The number of rotatable bonds is 7. The van der Waals surface area contributed by atoms with Crippen LogP contribution >= 0.6 is 0 Å². The van der Waals surface area contributed by atoms with Gasteiger partial charge >= 0.3 is 0 Å². The van der Waals surface area contributed by atoms with Gasteiger partial charge in [-0.25, -0.2) is 13.4 Å². The van der Waals surface area contributed by atoms with Crippen molar-refractivity contribution in [3.63, 3.8) is 0 Å². The van der Waals surface area contributed by atoms with Crippen molar-refractivity contribution in [3.05, 3.63) is 41.6 Å². The van der Waals surface area contributed by atoms with Gasteiger partial charge in [0.15, 0.2) is 5.89 Å². The van der Waals surface area contributed by atoms with Crippen LogP contribution in [0.2, 0.25) is 0 Å². The molecule has 3 rings (SSSR count). The fraction of sp³-hybridized carbons (Fsp3) is 0.500. The SMILES string of the molecule is CC[C@H](CO)N1CCN(S(=O)(=O)c2cccc(NC(=O)c3oc(C)nc3C)c2)CC1. The van der Waals surface area contributed by atoms with E-state index in [9.17, 15) is 18.3 Å². The lowest BCUT2D eigenvalue weighted by Crippen LogP contribution is -2.52. The minimum Gasteiger partial charge on any atom is -0.436 e. The highest BCUT2D eigenvalue weighted by Crippen LogP contribution is 2.22. The molecule has 0 unspecified atom stereocenters. The number of anilines is 1. The molecule has 2 aromatic rings. The van der Waals surface area contributed by atoms with E-state index in [0.29, 0.717) is 43.5 Å². The first-order valence-corrected chi connectivity index (χ1v) is 11.4. The van der Waals surface area contributed by atoms with Crippen LogP contribution in [0.15, 0.2) is 33.6 Å². The first kappa shape index (κ1) is 22.4. The van der Waals surface area contributed by atoms with Crippen LogP contribution in [-0.4, -0.2) is 72.4 Å². The molecule has 0 saturated carbocycles. The maximum absolute atomic E-state index is 13.1. The van der Waals surface area contributed by atoms with Crippen LogP contribution in [0.1, 0.15) is 35.5 Å². The third-order valence-electron chi connectivity index (χ3n) is 5.31. The summed E-state index contributed by atoms with van der Waals surface area (Å²) in [5, 5.41) is 12.1. The molecule has 10 heteroatoms. The van der Waals surface area contributed by atoms with E-state index in [1.807, 2.05) is 6.92 Å². The number of sulfonamides is 1. The van der Waals surface area contributed by atoms with Gasteiger partial charge in [0.1, 0.15) is 0 Å². The van der Waals surface area contributed by atoms with Gasteiger partial charge in [-0.15, -0.1) is 0 Å². The van der Waals surface area contributed by atoms with Crippen molar-refractivity contribution in [1.82, 2.24) is 14.2 Å². The van der Waals surface area contributed by atoms with Gasteiger partial charge < -0.3 is 14.8 Å². The molecule has 164 valence electrons. The predicted octanol–water partition coefficient (Wildman–Crippen LogP) is 1.62. The maximum atomic E-state index is 13.1. The molecule has 1 aliphatic rings. The monoisotopic (exact) mass is 436 g/mol. The van der Waals surface area contributed by atoms with E-state index in [1.165, 1.54) is 16.4 Å². The van der Waals surface area contributed by atoms with Gasteiger partial charge in [0, 0.05) is 44.8 Å². The zero-order chi connectivity index (χ0) is 21.9. The van der Waals surface area contributed by atoms with Crippen molar-refractivity contribution >= 4 is 21.6 Å². The van der Waals surface area contributed by atoms with Crippen molar-refractivity contribution < 1.29 is 22.7 Å². The average molecular weight is 437 g/mol. The van der Waals surface area contributed by atoms with Crippen LogP contribution in [-0.2, 0) is 10.0 Å². The molecule has 0 radical (unpaired) electrons. The second-order valence-corrected chi connectivity index (χ2v) is 9.25. The number of oxazole rings is 1. The summed E-state index contributed by atoms with van der Waals surface area (Å²) < 4.78 is 32.9.